The molecule has 0 saturated heterocycles. The number of aromatic nitrogens is 1. The van der Waals surface area contributed by atoms with Crippen LogP contribution in [0.4, 0.5) is 0 Å². The van der Waals surface area contributed by atoms with Gasteiger partial charge in [0.2, 0.25) is 0 Å². The summed E-state index contributed by atoms with van der Waals surface area (Å²) in [4.78, 5) is 3.87. The molecular weight excluding hydrogens is 160 g/mol. The Hall–Kier alpha value is -1.07. The van der Waals surface area contributed by atoms with Crippen molar-refractivity contribution in [3.8, 4) is 6.07 Å². The Bertz CT molecular complexity index is 290. The lowest BCUT2D eigenvalue weighted by atomic mass is 10.1. The van der Waals surface area contributed by atoms with Gasteiger partial charge in [0.25, 0.3) is 0 Å². The van der Waals surface area contributed by atoms with Gasteiger partial charge in [-0.05, 0) is 18.6 Å². The number of hydrogen-bond donors (Lipinski definition) is 0. The Kier molecular flexibility index (Phi) is 2.45. The van der Waals surface area contributed by atoms with Gasteiger partial charge in [0.15, 0.2) is 0 Å². The van der Waals surface area contributed by atoms with E-state index in [2.05, 4.69) is 11.1 Å². The highest BCUT2D eigenvalue weighted by Gasteiger charge is 2.03. The van der Waals surface area contributed by atoms with E-state index in [-0.39, 0.29) is 5.92 Å². The second-order valence-corrected chi connectivity index (χ2v) is 2.72. The number of rotatable bonds is 1. The van der Waals surface area contributed by atoms with E-state index < -0.39 is 0 Å². The fraction of sp³-hybridized carbons (Fsp3) is 0.250. The van der Waals surface area contributed by atoms with Gasteiger partial charge in [-0.2, -0.15) is 5.26 Å². The molecule has 0 aromatic carbocycles. The van der Waals surface area contributed by atoms with Crippen LogP contribution in [-0.4, -0.2) is 4.98 Å². The van der Waals surface area contributed by atoms with E-state index in [0.29, 0.717) is 5.02 Å². The van der Waals surface area contributed by atoms with Gasteiger partial charge in [-0.3, -0.25) is 4.98 Å². The number of pyridine rings is 1. The molecule has 0 radical (unpaired) electrons. The van der Waals surface area contributed by atoms with Crippen LogP contribution < -0.4 is 0 Å². The van der Waals surface area contributed by atoms with Crippen LogP contribution in [0.15, 0.2) is 18.5 Å². The van der Waals surface area contributed by atoms with E-state index in [1.165, 1.54) is 0 Å². The molecule has 1 atom stereocenters. The van der Waals surface area contributed by atoms with E-state index in [4.69, 9.17) is 16.9 Å². The lowest BCUT2D eigenvalue weighted by Gasteiger charge is -2.00. The molecule has 0 fully saturated rings. The van der Waals surface area contributed by atoms with E-state index in [9.17, 15) is 0 Å². The van der Waals surface area contributed by atoms with Crippen molar-refractivity contribution in [2.24, 2.45) is 0 Å². The molecule has 3 heteroatoms. The first kappa shape index (κ1) is 8.03. The third-order valence-electron chi connectivity index (χ3n) is 1.42. The highest BCUT2D eigenvalue weighted by molar-refractivity contribution is 6.30. The van der Waals surface area contributed by atoms with Crippen molar-refractivity contribution in [2.45, 2.75) is 12.8 Å². The largest absolute Gasteiger partial charge is 0.263 e. The standard InChI is InChI=1S/C8H7ClN2/c1-6(3-10)7-2-8(9)5-11-4-7/h2,4-6H,1H3. The molecular formula is C8H7ClN2. The molecule has 0 saturated carbocycles. The maximum Gasteiger partial charge on any atom is 0.0701 e. The monoisotopic (exact) mass is 166 g/mol. The molecule has 1 aromatic heterocycles. The molecule has 0 aliphatic carbocycles. The van der Waals surface area contributed by atoms with Crippen molar-refractivity contribution in [1.82, 2.24) is 4.98 Å². The smallest absolute Gasteiger partial charge is 0.0701 e. The van der Waals surface area contributed by atoms with Crippen molar-refractivity contribution in [3.05, 3.63) is 29.0 Å². The van der Waals surface area contributed by atoms with E-state index in [0.717, 1.165) is 5.56 Å². The Morgan fingerprint density at radius 3 is 2.91 bits per heavy atom. The molecule has 1 rings (SSSR count). The van der Waals surface area contributed by atoms with Crippen LogP contribution in [0.5, 0.6) is 0 Å². The first-order chi connectivity index (χ1) is 5.24. The summed E-state index contributed by atoms with van der Waals surface area (Å²) in [5, 5.41) is 9.13. The van der Waals surface area contributed by atoms with E-state index in [1.54, 1.807) is 18.5 Å². The minimum absolute atomic E-state index is 0.138. The van der Waals surface area contributed by atoms with Crippen LogP contribution in [0.3, 0.4) is 0 Å². The number of nitrogens with zero attached hydrogens (tertiary/aromatic N) is 2. The predicted molar refractivity (Wildman–Crippen MR) is 43.3 cm³/mol. The fourth-order valence-corrected chi connectivity index (χ4v) is 0.922. The van der Waals surface area contributed by atoms with Crippen LogP contribution in [0.2, 0.25) is 5.02 Å². The zero-order valence-corrected chi connectivity index (χ0v) is 6.84. The summed E-state index contributed by atoms with van der Waals surface area (Å²) in [6.45, 7) is 1.81. The highest BCUT2D eigenvalue weighted by Crippen LogP contribution is 2.16. The molecule has 0 bridgehead atoms. The van der Waals surface area contributed by atoms with Gasteiger partial charge in [0, 0.05) is 12.4 Å². The van der Waals surface area contributed by atoms with Crippen LogP contribution in [-0.2, 0) is 0 Å². The van der Waals surface area contributed by atoms with Crippen molar-refractivity contribution < 1.29 is 0 Å². The summed E-state index contributed by atoms with van der Waals surface area (Å²) in [6.07, 6.45) is 3.20. The second-order valence-electron chi connectivity index (χ2n) is 2.29. The molecule has 0 N–H and O–H groups in total. The van der Waals surface area contributed by atoms with Gasteiger partial charge < -0.3 is 0 Å². The molecule has 1 unspecified atom stereocenters. The van der Waals surface area contributed by atoms with Gasteiger partial charge in [-0.25, -0.2) is 0 Å². The molecule has 11 heavy (non-hydrogen) atoms. The van der Waals surface area contributed by atoms with Crippen LogP contribution in [0.1, 0.15) is 18.4 Å². The van der Waals surface area contributed by atoms with E-state index >= 15 is 0 Å². The lowest BCUT2D eigenvalue weighted by molar-refractivity contribution is 0.967. The Balaban J connectivity index is 2.98. The van der Waals surface area contributed by atoms with Crippen molar-refractivity contribution in [2.75, 3.05) is 0 Å². The minimum atomic E-state index is -0.138. The average molecular weight is 167 g/mol. The molecule has 0 aliphatic rings. The van der Waals surface area contributed by atoms with Gasteiger partial charge in [0.1, 0.15) is 0 Å². The van der Waals surface area contributed by atoms with Crippen molar-refractivity contribution in [1.29, 1.82) is 5.26 Å². The van der Waals surface area contributed by atoms with Gasteiger partial charge in [-0.1, -0.05) is 11.6 Å². The van der Waals surface area contributed by atoms with Crippen LogP contribution in [0.25, 0.3) is 0 Å². The molecule has 0 spiro atoms. The maximum absolute atomic E-state index is 8.56. The predicted octanol–water partition coefficient (Wildman–Crippen LogP) is 2.36. The molecule has 1 heterocycles. The van der Waals surface area contributed by atoms with Gasteiger partial charge >= 0.3 is 0 Å². The number of hydrogen-bond acceptors (Lipinski definition) is 2. The number of halogens is 1. The molecule has 0 aliphatic heterocycles. The summed E-state index contributed by atoms with van der Waals surface area (Å²) < 4.78 is 0. The van der Waals surface area contributed by atoms with Crippen molar-refractivity contribution >= 4 is 11.6 Å². The summed E-state index contributed by atoms with van der Waals surface area (Å²) in [5.74, 6) is -0.138. The quantitative estimate of drug-likeness (QED) is 0.642. The fourth-order valence-electron chi connectivity index (χ4n) is 0.740. The third-order valence-corrected chi connectivity index (χ3v) is 1.63. The topological polar surface area (TPSA) is 36.7 Å². The third kappa shape index (κ3) is 1.92. The van der Waals surface area contributed by atoms with Gasteiger partial charge in [0.05, 0.1) is 17.0 Å². The average Bonchev–Trinajstić information content (AvgIpc) is 2.03. The summed E-state index contributed by atoms with van der Waals surface area (Å²) in [5.41, 5.74) is 0.861. The minimum Gasteiger partial charge on any atom is -0.263 e. The van der Waals surface area contributed by atoms with Crippen LogP contribution >= 0.6 is 11.6 Å². The lowest BCUT2D eigenvalue weighted by Crippen LogP contribution is -1.89. The summed E-state index contributed by atoms with van der Waals surface area (Å²) in [6, 6.07) is 3.86. The Morgan fingerprint density at radius 2 is 2.36 bits per heavy atom. The molecule has 0 amide bonds. The molecule has 1 aromatic rings. The Labute approximate surface area is 70.4 Å². The SMILES string of the molecule is CC(C#N)c1cncc(Cl)c1. The normalized spacial score (nSPS) is 12.1. The zero-order chi connectivity index (χ0) is 8.27. The van der Waals surface area contributed by atoms with Crippen LogP contribution in [0, 0.1) is 11.3 Å². The number of nitriles is 1. The van der Waals surface area contributed by atoms with Crippen molar-refractivity contribution in [3.63, 3.8) is 0 Å². The molecule has 2 nitrogen and oxygen atoms in total. The zero-order valence-electron chi connectivity index (χ0n) is 6.08. The maximum atomic E-state index is 8.56. The summed E-state index contributed by atoms with van der Waals surface area (Å²) >= 11 is 5.67. The van der Waals surface area contributed by atoms with E-state index in [1.807, 2.05) is 6.92 Å². The highest BCUT2D eigenvalue weighted by atomic mass is 35.5. The summed E-state index contributed by atoms with van der Waals surface area (Å²) in [7, 11) is 0. The second kappa shape index (κ2) is 3.36. The molecule has 56 valence electrons. The first-order valence-electron chi connectivity index (χ1n) is 3.24. The Morgan fingerprint density at radius 1 is 1.64 bits per heavy atom. The van der Waals surface area contributed by atoms with Gasteiger partial charge in [-0.15, -0.1) is 0 Å². The first-order valence-corrected chi connectivity index (χ1v) is 3.62.